The lowest BCUT2D eigenvalue weighted by molar-refractivity contribution is -0.141. The second kappa shape index (κ2) is 10.7. The molecule has 174 valence electrons. The van der Waals surface area contributed by atoms with Gasteiger partial charge in [0.25, 0.3) is 0 Å². The van der Waals surface area contributed by atoms with Crippen LogP contribution in [0.1, 0.15) is 71.6 Å². The van der Waals surface area contributed by atoms with Gasteiger partial charge in [-0.2, -0.15) is 0 Å². The van der Waals surface area contributed by atoms with Crippen LogP contribution in [0.3, 0.4) is 0 Å². The van der Waals surface area contributed by atoms with Crippen LogP contribution in [0.5, 0.6) is 0 Å². The number of aryl methyl sites for hydroxylation is 1. The molecule has 0 saturated carbocycles. The second-order valence-electron chi connectivity index (χ2n) is 10.5. The largest absolute Gasteiger partial charge is 0.350 e. The SMILES string of the molecule is C[C@@H](C(=O)NC(C)(C)C)N(Cc1ccc(Br)cc1)C(=O)CCc1ccc(C(C)(C)C)cc1. The number of carbonyl (C=O) groups is 2. The molecule has 2 aromatic rings. The third-order valence-electron chi connectivity index (χ3n) is 5.38. The van der Waals surface area contributed by atoms with E-state index < -0.39 is 6.04 Å². The van der Waals surface area contributed by atoms with Crippen molar-refractivity contribution in [3.05, 3.63) is 69.7 Å². The molecule has 1 atom stereocenters. The molecular formula is C27H37BrN2O2. The van der Waals surface area contributed by atoms with E-state index in [2.05, 4.69) is 66.3 Å². The van der Waals surface area contributed by atoms with E-state index in [1.54, 1.807) is 11.8 Å². The lowest BCUT2D eigenvalue weighted by Gasteiger charge is -2.31. The third-order valence-corrected chi connectivity index (χ3v) is 5.91. The van der Waals surface area contributed by atoms with Gasteiger partial charge in [-0.25, -0.2) is 0 Å². The van der Waals surface area contributed by atoms with E-state index >= 15 is 0 Å². The molecule has 0 spiro atoms. The van der Waals surface area contributed by atoms with Gasteiger partial charge in [0.1, 0.15) is 6.04 Å². The topological polar surface area (TPSA) is 49.4 Å². The summed E-state index contributed by atoms with van der Waals surface area (Å²) in [5.74, 6) is -0.165. The summed E-state index contributed by atoms with van der Waals surface area (Å²) in [6.07, 6.45) is 1.01. The fourth-order valence-electron chi connectivity index (χ4n) is 3.41. The third kappa shape index (κ3) is 8.09. The molecule has 0 saturated heterocycles. The van der Waals surface area contributed by atoms with Gasteiger partial charge in [0.05, 0.1) is 0 Å². The van der Waals surface area contributed by atoms with Crippen molar-refractivity contribution in [2.45, 2.75) is 84.8 Å². The maximum atomic E-state index is 13.3. The van der Waals surface area contributed by atoms with Crippen LogP contribution in [0.15, 0.2) is 53.0 Å². The van der Waals surface area contributed by atoms with Crippen LogP contribution in [0.4, 0.5) is 0 Å². The van der Waals surface area contributed by atoms with Crippen LogP contribution in [0.2, 0.25) is 0 Å². The Kier molecular flexibility index (Phi) is 8.69. The highest BCUT2D eigenvalue weighted by atomic mass is 79.9. The highest BCUT2D eigenvalue weighted by Crippen LogP contribution is 2.23. The molecule has 2 rings (SSSR count). The summed E-state index contributed by atoms with van der Waals surface area (Å²) in [7, 11) is 0. The Hall–Kier alpha value is -2.14. The van der Waals surface area contributed by atoms with Gasteiger partial charge in [0.2, 0.25) is 11.8 Å². The minimum absolute atomic E-state index is 0.0237. The summed E-state index contributed by atoms with van der Waals surface area (Å²) >= 11 is 3.45. The first kappa shape index (κ1) is 26.1. The van der Waals surface area contributed by atoms with Gasteiger partial charge >= 0.3 is 0 Å². The van der Waals surface area contributed by atoms with Gasteiger partial charge < -0.3 is 10.2 Å². The molecule has 0 aliphatic heterocycles. The quantitative estimate of drug-likeness (QED) is 0.505. The van der Waals surface area contributed by atoms with Crippen molar-refractivity contribution >= 4 is 27.7 Å². The van der Waals surface area contributed by atoms with Gasteiger partial charge in [0, 0.05) is 23.0 Å². The molecule has 32 heavy (non-hydrogen) atoms. The Bertz CT molecular complexity index is 907. The Morgan fingerprint density at radius 3 is 1.94 bits per heavy atom. The normalized spacial score (nSPS) is 12.9. The van der Waals surface area contributed by atoms with E-state index in [1.165, 1.54) is 5.56 Å². The maximum absolute atomic E-state index is 13.3. The number of benzene rings is 2. The van der Waals surface area contributed by atoms with Crippen molar-refractivity contribution < 1.29 is 9.59 Å². The fourth-order valence-corrected chi connectivity index (χ4v) is 3.67. The van der Waals surface area contributed by atoms with Crippen molar-refractivity contribution in [2.75, 3.05) is 0 Å². The highest BCUT2D eigenvalue weighted by Gasteiger charge is 2.28. The molecule has 0 unspecified atom stereocenters. The minimum atomic E-state index is -0.561. The van der Waals surface area contributed by atoms with Crippen molar-refractivity contribution in [1.29, 1.82) is 0 Å². The average Bonchev–Trinajstić information content (AvgIpc) is 2.69. The zero-order valence-electron chi connectivity index (χ0n) is 20.5. The smallest absolute Gasteiger partial charge is 0.242 e. The average molecular weight is 502 g/mol. The van der Waals surface area contributed by atoms with Gasteiger partial charge in [-0.05, 0) is 68.4 Å². The first-order chi connectivity index (χ1) is 14.8. The number of nitrogens with one attached hydrogen (secondary N) is 1. The van der Waals surface area contributed by atoms with Crippen molar-refractivity contribution in [2.24, 2.45) is 0 Å². The van der Waals surface area contributed by atoms with Gasteiger partial charge in [-0.1, -0.05) is 73.1 Å². The number of amides is 2. The second-order valence-corrected chi connectivity index (χ2v) is 11.4. The molecule has 0 aliphatic rings. The maximum Gasteiger partial charge on any atom is 0.242 e. The van der Waals surface area contributed by atoms with Gasteiger partial charge in [-0.15, -0.1) is 0 Å². The zero-order chi connectivity index (χ0) is 24.1. The summed E-state index contributed by atoms with van der Waals surface area (Å²) in [6.45, 7) is 14.6. The molecule has 0 fully saturated rings. The van der Waals surface area contributed by atoms with Crippen LogP contribution >= 0.6 is 15.9 Å². The van der Waals surface area contributed by atoms with Gasteiger partial charge in [-0.3, -0.25) is 9.59 Å². The Labute approximate surface area is 201 Å². The van der Waals surface area contributed by atoms with E-state index in [-0.39, 0.29) is 22.8 Å². The highest BCUT2D eigenvalue weighted by molar-refractivity contribution is 9.10. The molecular weight excluding hydrogens is 464 g/mol. The van der Waals surface area contributed by atoms with E-state index in [4.69, 9.17) is 0 Å². The molecule has 0 aliphatic carbocycles. The first-order valence-corrected chi connectivity index (χ1v) is 12.0. The lowest BCUT2D eigenvalue weighted by Crippen LogP contribution is -2.52. The number of hydrogen-bond acceptors (Lipinski definition) is 2. The van der Waals surface area contributed by atoms with Crippen molar-refractivity contribution in [3.8, 4) is 0 Å². The number of carbonyl (C=O) groups excluding carboxylic acids is 2. The first-order valence-electron chi connectivity index (χ1n) is 11.2. The van der Waals surface area contributed by atoms with Crippen LogP contribution < -0.4 is 5.32 Å². The summed E-state index contributed by atoms with van der Waals surface area (Å²) in [6, 6.07) is 15.8. The van der Waals surface area contributed by atoms with Crippen molar-refractivity contribution in [3.63, 3.8) is 0 Å². The number of hydrogen-bond donors (Lipinski definition) is 1. The Balaban J connectivity index is 2.15. The van der Waals surface area contributed by atoms with Crippen molar-refractivity contribution in [1.82, 2.24) is 10.2 Å². The predicted octanol–water partition coefficient (Wildman–Crippen LogP) is 6.01. The van der Waals surface area contributed by atoms with Crippen LogP contribution in [0.25, 0.3) is 0 Å². The molecule has 2 amide bonds. The summed E-state index contributed by atoms with van der Waals surface area (Å²) in [5, 5.41) is 3.00. The number of halogens is 1. The van der Waals surface area contributed by atoms with Crippen LogP contribution in [-0.4, -0.2) is 28.3 Å². The molecule has 0 bridgehead atoms. The molecule has 2 aromatic carbocycles. The molecule has 4 nitrogen and oxygen atoms in total. The van der Waals surface area contributed by atoms with E-state index in [0.717, 1.165) is 15.6 Å². The molecule has 0 radical (unpaired) electrons. The predicted molar refractivity (Wildman–Crippen MR) is 136 cm³/mol. The zero-order valence-corrected chi connectivity index (χ0v) is 22.0. The Morgan fingerprint density at radius 1 is 0.906 bits per heavy atom. The number of nitrogens with zero attached hydrogens (tertiary/aromatic N) is 1. The monoisotopic (exact) mass is 500 g/mol. The summed E-state index contributed by atoms with van der Waals surface area (Å²) in [4.78, 5) is 27.8. The molecule has 0 aromatic heterocycles. The summed E-state index contributed by atoms with van der Waals surface area (Å²) in [5.41, 5.74) is 3.14. The number of rotatable bonds is 7. The minimum Gasteiger partial charge on any atom is -0.350 e. The fraction of sp³-hybridized carbons (Fsp3) is 0.481. The van der Waals surface area contributed by atoms with E-state index in [9.17, 15) is 9.59 Å². The molecule has 0 heterocycles. The Morgan fingerprint density at radius 2 is 1.44 bits per heavy atom. The van der Waals surface area contributed by atoms with E-state index in [0.29, 0.717) is 19.4 Å². The van der Waals surface area contributed by atoms with Gasteiger partial charge in [0.15, 0.2) is 0 Å². The molecule has 1 N–H and O–H groups in total. The standard InChI is InChI=1S/C27H37BrN2O2/c1-19(25(32)29-27(5,6)7)30(18-21-10-15-23(28)16-11-21)24(31)17-12-20-8-13-22(14-9-20)26(2,3)4/h8-11,13-16,19H,12,17-18H2,1-7H3,(H,29,32)/t19-/m0/s1. The van der Waals surface area contributed by atoms with Crippen LogP contribution in [0, 0.1) is 0 Å². The van der Waals surface area contributed by atoms with Crippen LogP contribution in [-0.2, 0) is 28.0 Å². The molecule has 5 heteroatoms. The van der Waals surface area contributed by atoms with E-state index in [1.807, 2.05) is 45.0 Å². The lowest BCUT2D eigenvalue weighted by atomic mass is 9.86. The summed E-state index contributed by atoms with van der Waals surface area (Å²) < 4.78 is 0.983.